The predicted molar refractivity (Wildman–Crippen MR) is 163 cm³/mol. The first-order valence-corrected chi connectivity index (χ1v) is 15.0. The van der Waals surface area contributed by atoms with Crippen LogP contribution >= 0.6 is 0 Å². The molecule has 216 valence electrons. The first-order valence-electron chi connectivity index (χ1n) is 13.9. The van der Waals surface area contributed by atoms with Gasteiger partial charge in [0.05, 0.1) is 22.6 Å². The summed E-state index contributed by atoms with van der Waals surface area (Å²) in [4.78, 5) is 17.6. The molecule has 1 fully saturated rings. The Morgan fingerprint density at radius 1 is 1.24 bits per heavy atom. The van der Waals surface area contributed by atoms with Gasteiger partial charge in [-0.05, 0) is 56.0 Å². The predicted octanol–water partition coefficient (Wildman–Crippen LogP) is 5.87. The molecule has 41 heavy (non-hydrogen) atoms. The van der Waals surface area contributed by atoms with Crippen LogP contribution in [0, 0.1) is 18.3 Å². The Labute approximate surface area is 245 Å². The van der Waals surface area contributed by atoms with Crippen molar-refractivity contribution in [2.24, 2.45) is 0 Å². The van der Waals surface area contributed by atoms with Gasteiger partial charge in [-0.25, -0.2) is 13.5 Å². The molecule has 1 saturated heterocycles. The third kappa shape index (κ3) is 9.08. The molecule has 4 rings (SSSR count). The highest BCUT2D eigenvalue weighted by molar-refractivity contribution is 7.82. The van der Waals surface area contributed by atoms with E-state index in [2.05, 4.69) is 22.9 Å². The number of amides is 1. The van der Waals surface area contributed by atoms with E-state index in [4.69, 9.17) is 9.15 Å². The summed E-state index contributed by atoms with van der Waals surface area (Å²) in [7, 11) is -1.17. The number of oxazole rings is 1. The lowest BCUT2D eigenvalue weighted by atomic mass is 10.1. The number of benzene rings is 2. The number of fused-ring (bicyclic) bond motifs is 1. The maximum atomic E-state index is 12.7. The van der Waals surface area contributed by atoms with Gasteiger partial charge >= 0.3 is 0 Å². The minimum absolute atomic E-state index is 0.00512. The molecule has 2 aromatic carbocycles. The molecule has 1 amide bonds. The van der Waals surface area contributed by atoms with Gasteiger partial charge in [-0.1, -0.05) is 62.9 Å². The van der Waals surface area contributed by atoms with Crippen molar-refractivity contribution in [3.63, 3.8) is 0 Å². The van der Waals surface area contributed by atoms with Crippen LogP contribution in [-0.4, -0.2) is 51.8 Å². The van der Waals surface area contributed by atoms with Crippen LogP contribution in [-0.2, 0) is 20.5 Å². The van der Waals surface area contributed by atoms with E-state index < -0.39 is 11.0 Å². The molecular weight excluding hydrogens is 536 g/mol. The van der Waals surface area contributed by atoms with Crippen molar-refractivity contribution < 1.29 is 18.2 Å². The molecule has 0 saturated carbocycles. The highest BCUT2D eigenvalue weighted by Crippen LogP contribution is 2.27. The van der Waals surface area contributed by atoms with Gasteiger partial charge in [-0.3, -0.25) is 4.79 Å². The second-order valence-electron chi connectivity index (χ2n) is 9.18. The molecule has 1 aromatic heterocycles. The van der Waals surface area contributed by atoms with E-state index in [9.17, 15) is 14.3 Å². The minimum Gasteiger partial charge on any atom is -0.436 e. The van der Waals surface area contributed by atoms with Gasteiger partial charge in [-0.15, -0.1) is 0 Å². The van der Waals surface area contributed by atoms with Gasteiger partial charge < -0.3 is 14.5 Å². The van der Waals surface area contributed by atoms with Gasteiger partial charge in [0.1, 0.15) is 23.1 Å². The Morgan fingerprint density at radius 3 is 2.66 bits per heavy atom. The molecule has 1 unspecified atom stereocenters. The molecule has 9 heteroatoms. The van der Waals surface area contributed by atoms with Crippen LogP contribution in [0.1, 0.15) is 50.1 Å². The van der Waals surface area contributed by atoms with Gasteiger partial charge in [0.2, 0.25) is 11.8 Å². The van der Waals surface area contributed by atoms with Crippen molar-refractivity contribution in [3.05, 3.63) is 90.4 Å². The maximum absolute atomic E-state index is 12.7. The fourth-order valence-electron chi connectivity index (χ4n) is 4.33. The third-order valence-electron chi connectivity index (χ3n) is 6.35. The fraction of sp³-hybridized carbons (Fsp3) is 0.344. The van der Waals surface area contributed by atoms with Crippen LogP contribution in [0.5, 0.6) is 0 Å². The Morgan fingerprint density at radius 2 is 1.98 bits per heavy atom. The van der Waals surface area contributed by atoms with Crippen LogP contribution in [0.15, 0.2) is 82.7 Å². The zero-order valence-corrected chi connectivity index (χ0v) is 24.8. The van der Waals surface area contributed by atoms with E-state index in [1.165, 1.54) is 0 Å². The molecule has 8 nitrogen and oxygen atoms in total. The topological polar surface area (TPSA) is 108 Å². The molecule has 3 aromatic rings. The second kappa shape index (κ2) is 16.4. The van der Waals surface area contributed by atoms with E-state index in [1.807, 2.05) is 73.6 Å². The lowest BCUT2D eigenvalue weighted by Crippen LogP contribution is -2.39. The smallest absolute Gasteiger partial charge is 0.246 e. The van der Waals surface area contributed by atoms with E-state index in [1.54, 1.807) is 18.2 Å². The summed E-state index contributed by atoms with van der Waals surface area (Å²) < 4.78 is 26.4. The molecule has 1 atom stereocenters. The number of nitrogens with zero attached hydrogens (tertiary/aromatic N) is 3. The quantitative estimate of drug-likeness (QED) is 0.227. The number of ether oxygens (including phenoxy) is 1. The zero-order valence-electron chi connectivity index (χ0n) is 24.0. The van der Waals surface area contributed by atoms with Crippen LogP contribution in [0.4, 0.5) is 0 Å². The SMILES string of the molecule is C=C/C=C(\C/C=C\CNC(=O)COC1CCN(S(=O)c2ccccc2)CC1)c1nc2cc(C#N)cc(C)c2o1.CC. The Balaban J connectivity index is 0.00000226. The fourth-order valence-corrected chi connectivity index (χ4v) is 5.56. The van der Waals surface area contributed by atoms with Crippen molar-refractivity contribution in [3.8, 4) is 6.07 Å². The summed E-state index contributed by atoms with van der Waals surface area (Å²) >= 11 is 0. The van der Waals surface area contributed by atoms with E-state index in [-0.39, 0.29) is 18.6 Å². The first kappa shape index (κ1) is 31.7. The summed E-state index contributed by atoms with van der Waals surface area (Å²) in [6, 6.07) is 15.1. The molecular formula is C32H38N4O4S. The maximum Gasteiger partial charge on any atom is 0.246 e. The molecule has 0 aliphatic carbocycles. The Kier molecular flexibility index (Phi) is 12.7. The number of rotatable bonds is 11. The second-order valence-corrected chi connectivity index (χ2v) is 10.7. The van der Waals surface area contributed by atoms with Crippen molar-refractivity contribution in [1.29, 1.82) is 5.26 Å². The standard InChI is InChI=1S/C30H32N4O4S.C2H6/c1-3-9-24(30-33-27-19-23(20-31)18-22(2)29(27)38-30)10-7-8-15-32-28(35)21-37-25-13-16-34(17-14-25)39(36)26-11-5-4-6-12-26;1-2/h3-9,11-12,18-19,25H,1,10,13-17,21H2,2H3,(H,32,35);1-2H3/b8-7-,24-9+;. The first-order chi connectivity index (χ1) is 20.0. The van der Waals surface area contributed by atoms with Crippen LogP contribution in [0.2, 0.25) is 0 Å². The highest BCUT2D eigenvalue weighted by Gasteiger charge is 2.24. The number of carbonyl (C=O) groups excluding carboxylic acids is 1. The van der Waals surface area contributed by atoms with Crippen molar-refractivity contribution in [2.45, 2.75) is 51.0 Å². The lowest BCUT2D eigenvalue weighted by Gasteiger charge is -2.30. The molecule has 0 radical (unpaired) electrons. The van der Waals surface area contributed by atoms with Crippen LogP contribution in [0.25, 0.3) is 16.7 Å². The average molecular weight is 575 g/mol. The van der Waals surface area contributed by atoms with E-state index in [0.717, 1.165) is 28.9 Å². The summed E-state index contributed by atoms with van der Waals surface area (Å²) in [6.07, 6.45) is 9.30. The number of aromatic nitrogens is 1. The normalized spacial score (nSPS) is 15.2. The number of allylic oxidation sites excluding steroid dienone is 4. The number of nitriles is 1. The van der Waals surface area contributed by atoms with Gasteiger partial charge in [0, 0.05) is 25.2 Å². The summed E-state index contributed by atoms with van der Waals surface area (Å²) in [5, 5.41) is 12.0. The minimum atomic E-state index is -1.17. The van der Waals surface area contributed by atoms with Gasteiger partial charge in [0.25, 0.3) is 0 Å². The van der Waals surface area contributed by atoms with Gasteiger partial charge in [-0.2, -0.15) is 5.26 Å². The van der Waals surface area contributed by atoms with E-state index in [0.29, 0.717) is 48.6 Å². The summed E-state index contributed by atoms with van der Waals surface area (Å²) in [6.45, 7) is 11.4. The molecule has 1 N–H and O–H groups in total. The Hall–Kier alpha value is -3.84. The molecule has 1 aliphatic rings. The monoisotopic (exact) mass is 574 g/mol. The van der Waals surface area contributed by atoms with Crippen molar-refractivity contribution in [1.82, 2.24) is 14.6 Å². The molecule has 0 bridgehead atoms. The third-order valence-corrected chi connectivity index (χ3v) is 7.86. The molecule has 2 heterocycles. The number of hydrogen-bond donors (Lipinski definition) is 1. The number of carbonyl (C=O) groups is 1. The van der Waals surface area contributed by atoms with Gasteiger partial charge in [0.15, 0.2) is 5.58 Å². The lowest BCUT2D eigenvalue weighted by molar-refractivity contribution is -0.128. The Bertz CT molecular complexity index is 1430. The molecule has 0 spiro atoms. The average Bonchev–Trinajstić information content (AvgIpc) is 3.45. The number of hydrogen-bond acceptors (Lipinski definition) is 6. The number of nitrogens with one attached hydrogen (secondary N) is 1. The number of piperidine rings is 1. The largest absolute Gasteiger partial charge is 0.436 e. The molecule has 1 aliphatic heterocycles. The highest BCUT2D eigenvalue weighted by atomic mass is 32.2. The van der Waals surface area contributed by atoms with Crippen molar-refractivity contribution >= 4 is 33.6 Å². The van der Waals surface area contributed by atoms with Crippen molar-refractivity contribution in [2.75, 3.05) is 26.2 Å². The van der Waals surface area contributed by atoms with E-state index >= 15 is 0 Å². The summed E-state index contributed by atoms with van der Waals surface area (Å²) in [5.74, 6) is 0.295. The van der Waals surface area contributed by atoms with Crippen LogP contribution < -0.4 is 5.32 Å². The zero-order chi connectivity index (χ0) is 29.6. The van der Waals surface area contributed by atoms with Crippen LogP contribution in [0.3, 0.4) is 0 Å². The summed E-state index contributed by atoms with van der Waals surface area (Å²) in [5.41, 5.74) is 3.53. The number of aryl methyl sites for hydroxylation is 1.